The molecule has 186 valence electrons. The van der Waals surface area contributed by atoms with E-state index in [1.54, 1.807) is 0 Å². The van der Waals surface area contributed by atoms with Crippen molar-refractivity contribution in [3.63, 3.8) is 0 Å². The number of rotatable bonds is 9. The third-order valence-electron chi connectivity index (χ3n) is 7.66. The lowest BCUT2D eigenvalue weighted by atomic mass is 9.97. The molecule has 0 saturated heterocycles. The van der Waals surface area contributed by atoms with Crippen LogP contribution in [0.2, 0.25) is 16.6 Å². The lowest BCUT2D eigenvalue weighted by Gasteiger charge is -2.42. The highest BCUT2D eigenvalue weighted by Crippen LogP contribution is 2.45. The largest absolute Gasteiger partial charge is 0.411 e. The summed E-state index contributed by atoms with van der Waals surface area (Å²) >= 11 is 3.82. The summed E-state index contributed by atoms with van der Waals surface area (Å²) in [6, 6.07) is 15.6. The van der Waals surface area contributed by atoms with E-state index in [-0.39, 0.29) is 0 Å². The molecule has 0 amide bonds. The van der Waals surface area contributed by atoms with E-state index in [1.807, 2.05) is 22.7 Å². The first-order valence-electron chi connectivity index (χ1n) is 12.9. The van der Waals surface area contributed by atoms with Crippen molar-refractivity contribution >= 4 is 42.1 Å². The van der Waals surface area contributed by atoms with E-state index in [1.165, 1.54) is 47.3 Å². The smallest absolute Gasteiger partial charge is 0.200 e. The average Bonchev–Trinajstić information content (AvgIpc) is 3.52. The van der Waals surface area contributed by atoms with Gasteiger partial charge in [-0.25, -0.2) is 0 Å². The molecule has 1 aromatic carbocycles. The Kier molecular flexibility index (Phi) is 8.07. The highest BCUT2D eigenvalue weighted by molar-refractivity contribution is 7.15. The van der Waals surface area contributed by atoms with Gasteiger partial charge in [0.15, 0.2) is 0 Å². The fourth-order valence-corrected chi connectivity index (χ4v) is 13.6. The van der Waals surface area contributed by atoms with E-state index >= 15 is 0 Å². The van der Waals surface area contributed by atoms with Gasteiger partial charge >= 0.3 is 0 Å². The molecule has 1 aliphatic carbocycles. The molecule has 0 unspecified atom stereocenters. The maximum Gasteiger partial charge on any atom is 0.200 e. The number of hydrogen-bond donors (Lipinski definition) is 0. The molecule has 2 aromatic heterocycles. The quantitative estimate of drug-likeness (QED) is 0.255. The van der Waals surface area contributed by atoms with E-state index in [9.17, 15) is 0 Å². The second kappa shape index (κ2) is 10.7. The van der Waals surface area contributed by atoms with E-state index < -0.39 is 8.32 Å². The number of benzene rings is 1. The Labute approximate surface area is 221 Å². The highest BCUT2D eigenvalue weighted by atomic mass is 32.1. The van der Waals surface area contributed by atoms with Gasteiger partial charge in [-0.05, 0) is 76.9 Å². The van der Waals surface area contributed by atoms with Crippen LogP contribution in [-0.4, -0.2) is 8.32 Å². The first kappa shape index (κ1) is 26.3. The van der Waals surface area contributed by atoms with Crippen molar-refractivity contribution in [3.8, 4) is 10.4 Å². The normalized spacial score (nSPS) is 14.4. The average molecular weight is 521 g/mol. The molecule has 4 heteroatoms. The molecule has 1 nitrogen and oxygen atoms in total. The van der Waals surface area contributed by atoms with Gasteiger partial charge in [-0.2, -0.15) is 0 Å². The second-order valence-corrected chi connectivity index (χ2v) is 18.8. The van der Waals surface area contributed by atoms with Crippen LogP contribution in [0.3, 0.4) is 0 Å². The number of allylic oxidation sites excluding steroid dienone is 4. The van der Waals surface area contributed by atoms with E-state index in [4.69, 9.17) is 4.43 Å². The van der Waals surface area contributed by atoms with Crippen molar-refractivity contribution in [3.05, 3.63) is 80.4 Å². The number of thiophene rings is 2. The summed E-state index contributed by atoms with van der Waals surface area (Å²) in [4.78, 5) is 5.50. The maximum atomic E-state index is 6.93. The second-order valence-electron chi connectivity index (χ2n) is 10.7. The van der Waals surface area contributed by atoms with Crippen molar-refractivity contribution in [1.82, 2.24) is 0 Å². The summed E-state index contributed by atoms with van der Waals surface area (Å²) in [5, 5.41) is 0. The van der Waals surface area contributed by atoms with Gasteiger partial charge in [0.05, 0.1) is 6.61 Å². The summed E-state index contributed by atoms with van der Waals surface area (Å²) in [6.07, 6.45) is 5.66. The molecule has 0 atom stereocenters. The summed E-state index contributed by atoms with van der Waals surface area (Å²) < 4.78 is 6.93. The highest BCUT2D eigenvalue weighted by Gasteiger charge is 2.45. The fourth-order valence-electron chi connectivity index (χ4n) is 6.12. The summed E-state index contributed by atoms with van der Waals surface area (Å²) in [7, 11) is -1.87. The van der Waals surface area contributed by atoms with Gasteiger partial charge in [-0.1, -0.05) is 84.0 Å². The minimum atomic E-state index is -1.87. The lowest BCUT2D eigenvalue weighted by Crippen LogP contribution is -2.47. The molecule has 0 bridgehead atoms. The molecule has 0 saturated carbocycles. The topological polar surface area (TPSA) is 9.23 Å². The Balaban J connectivity index is 1.64. The molecule has 0 aliphatic heterocycles. The van der Waals surface area contributed by atoms with Crippen molar-refractivity contribution < 1.29 is 4.43 Å². The SMILES string of the molecule is Cc1sc(-c2ccccc2)cc1C1=C(c2cc(CO[Si](C(C)C)(C(C)C)C(C)C)sc2C)CC=C1. The Hall–Kier alpha value is -1.72. The van der Waals surface area contributed by atoms with E-state index in [2.05, 4.69) is 110 Å². The van der Waals surface area contributed by atoms with Crippen LogP contribution in [0.4, 0.5) is 0 Å². The van der Waals surface area contributed by atoms with Crippen LogP contribution in [0, 0.1) is 13.8 Å². The van der Waals surface area contributed by atoms with Gasteiger partial charge in [-0.15, -0.1) is 22.7 Å². The molecular formula is C31H40OS2Si. The zero-order valence-electron chi connectivity index (χ0n) is 22.6. The molecule has 3 aromatic rings. The van der Waals surface area contributed by atoms with Crippen LogP contribution in [0.5, 0.6) is 0 Å². The molecule has 0 N–H and O–H groups in total. The molecule has 35 heavy (non-hydrogen) atoms. The zero-order chi connectivity index (χ0) is 25.3. The minimum absolute atomic E-state index is 0.608. The fraction of sp³-hybridized carbons (Fsp3) is 0.419. The van der Waals surface area contributed by atoms with Crippen LogP contribution in [0.15, 0.2) is 54.6 Å². The monoisotopic (exact) mass is 520 g/mol. The Morgan fingerprint density at radius 2 is 1.46 bits per heavy atom. The number of aryl methyl sites for hydroxylation is 2. The van der Waals surface area contributed by atoms with Gasteiger partial charge < -0.3 is 4.43 Å². The van der Waals surface area contributed by atoms with Crippen LogP contribution in [0.1, 0.15) is 73.7 Å². The van der Waals surface area contributed by atoms with Crippen LogP contribution in [-0.2, 0) is 11.0 Å². The van der Waals surface area contributed by atoms with Gasteiger partial charge in [0.25, 0.3) is 0 Å². The van der Waals surface area contributed by atoms with E-state index in [0.717, 1.165) is 13.0 Å². The lowest BCUT2D eigenvalue weighted by molar-refractivity contribution is 0.269. The first-order chi connectivity index (χ1) is 16.6. The molecular weight excluding hydrogens is 481 g/mol. The first-order valence-corrected chi connectivity index (χ1v) is 16.7. The molecule has 0 fully saturated rings. The molecule has 4 rings (SSSR count). The van der Waals surface area contributed by atoms with Crippen LogP contribution < -0.4 is 0 Å². The van der Waals surface area contributed by atoms with E-state index in [0.29, 0.717) is 16.6 Å². The Morgan fingerprint density at radius 1 is 0.829 bits per heavy atom. The molecule has 1 aliphatic rings. The maximum absolute atomic E-state index is 6.93. The van der Waals surface area contributed by atoms with Crippen LogP contribution in [0.25, 0.3) is 21.6 Å². The molecule has 0 radical (unpaired) electrons. The summed E-state index contributed by atoms with van der Waals surface area (Å²) in [5.74, 6) is 0. The molecule has 0 spiro atoms. The van der Waals surface area contributed by atoms with Gasteiger partial charge in [-0.3, -0.25) is 0 Å². The standard InChI is InChI=1S/C31H40OS2Si/c1-20(2)35(21(3)4,22(5)6)32-19-26-17-29(23(7)33-26)27-15-12-16-28(27)30-18-31(34-24(30)8)25-13-10-9-11-14-25/h9-14,16-18,20-22H,15,19H2,1-8H3. The third-order valence-corrected chi connectivity index (χ3v) is 15.8. The molecule has 2 heterocycles. The van der Waals surface area contributed by atoms with Gasteiger partial charge in [0.2, 0.25) is 8.32 Å². The van der Waals surface area contributed by atoms with Crippen LogP contribution >= 0.6 is 22.7 Å². The number of hydrogen-bond acceptors (Lipinski definition) is 3. The van der Waals surface area contributed by atoms with Crippen molar-refractivity contribution in [2.24, 2.45) is 0 Å². The van der Waals surface area contributed by atoms with Gasteiger partial charge in [0, 0.05) is 19.5 Å². The van der Waals surface area contributed by atoms with Gasteiger partial charge in [0.1, 0.15) is 0 Å². The third kappa shape index (κ3) is 5.09. The summed E-state index contributed by atoms with van der Waals surface area (Å²) in [5.41, 5.74) is 8.77. The predicted octanol–water partition coefficient (Wildman–Crippen LogP) is 10.7. The zero-order valence-corrected chi connectivity index (χ0v) is 25.2. The van der Waals surface area contributed by atoms with Crippen molar-refractivity contribution in [1.29, 1.82) is 0 Å². The van der Waals surface area contributed by atoms with Crippen molar-refractivity contribution in [2.75, 3.05) is 0 Å². The minimum Gasteiger partial charge on any atom is -0.411 e. The summed E-state index contributed by atoms with van der Waals surface area (Å²) in [6.45, 7) is 19.5. The van der Waals surface area contributed by atoms with Crippen molar-refractivity contribution in [2.45, 2.75) is 85.0 Å². The predicted molar refractivity (Wildman–Crippen MR) is 160 cm³/mol. The Bertz CT molecular complexity index is 1200. The Morgan fingerprint density at radius 3 is 2.09 bits per heavy atom.